The summed E-state index contributed by atoms with van der Waals surface area (Å²) >= 11 is 0. The van der Waals surface area contributed by atoms with Crippen molar-refractivity contribution in [3.8, 4) is 0 Å². The molecule has 0 amide bonds. The van der Waals surface area contributed by atoms with Crippen LogP contribution < -0.4 is 0 Å². The normalized spacial score (nSPS) is 12.5. The predicted molar refractivity (Wildman–Crippen MR) is 188 cm³/mol. The smallest absolute Gasteiger partial charge is 0.338 e. The highest BCUT2D eigenvalue weighted by atomic mass is 16.6. The Labute approximate surface area is 295 Å². The summed E-state index contributed by atoms with van der Waals surface area (Å²) in [5.74, 6) is -3.04. The van der Waals surface area contributed by atoms with Gasteiger partial charge in [-0.25, -0.2) is 19.2 Å². The van der Waals surface area contributed by atoms with E-state index in [0.29, 0.717) is 0 Å². The number of benzene rings is 5. The molecule has 5 aromatic carbocycles. The quantitative estimate of drug-likeness (QED) is 0.0462. The van der Waals surface area contributed by atoms with Crippen LogP contribution in [-0.2, 0) is 30.4 Å². The summed E-state index contributed by atoms with van der Waals surface area (Å²) in [4.78, 5) is 59.1. The molecule has 5 aromatic rings. The maximum absolute atomic E-state index is 13.6. The number of esters is 4. The number of hydrogen-bond acceptors (Lipinski definition) is 10. The SMILES string of the molecule is O=C(OC[C@@H](OC(=O)c1ccccc1)[C@@H](OC(=O)c1ccccc1)[C@@H](C/C=N/OCc1ccccc1)OC(=O)c1ccccc1)c1ccccc1. The van der Waals surface area contributed by atoms with Crippen molar-refractivity contribution in [3.63, 3.8) is 0 Å². The average molecular weight is 686 g/mol. The summed E-state index contributed by atoms with van der Waals surface area (Å²) in [7, 11) is 0. The first kappa shape index (κ1) is 35.7. The minimum atomic E-state index is -1.50. The fraction of sp³-hybridized carbons (Fsp3) is 0.146. The first-order chi connectivity index (χ1) is 25.0. The molecule has 5 rings (SSSR count). The molecule has 0 N–H and O–H groups in total. The molecule has 51 heavy (non-hydrogen) atoms. The first-order valence-corrected chi connectivity index (χ1v) is 16.2. The zero-order chi connectivity index (χ0) is 35.7. The van der Waals surface area contributed by atoms with Crippen LogP contribution in [0.1, 0.15) is 53.4 Å². The van der Waals surface area contributed by atoms with Crippen molar-refractivity contribution in [2.75, 3.05) is 6.61 Å². The van der Waals surface area contributed by atoms with E-state index < -0.39 is 48.8 Å². The summed E-state index contributed by atoms with van der Waals surface area (Å²) in [5.41, 5.74) is 1.73. The number of carbonyl (C=O) groups excluding carboxylic acids is 4. The molecule has 0 bridgehead atoms. The number of ether oxygens (including phenoxy) is 4. The second-order valence-corrected chi connectivity index (χ2v) is 11.1. The van der Waals surface area contributed by atoms with Gasteiger partial charge in [-0.2, -0.15) is 0 Å². The third-order valence-corrected chi connectivity index (χ3v) is 7.47. The fourth-order valence-electron chi connectivity index (χ4n) is 4.86. The van der Waals surface area contributed by atoms with Crippen LogP contribution >= 0.6 is 0 Å². The number of hydrogen-bond donors (Lipinski definition) is 0. The van der Waals surface area contributed by atoms with Crippen LogP contribution in [0.5, 0.6) is 0 Å². The third-order valence-electron chi connectivity index (χ3n) is 7.47. The molecule has 0 heterocycles. The van der Waals surface area contributed by atoms with Gasteiger partial charge in [0.1, 0.15) is 19.3 Å². The van der Waals surface area contributed by atoms with E-state index in [9.17, 15) is 19.2 Å². The Bertz CT molecular complexity index is 1870. The highest BCUT2D eigenvalue weighted by Gasteiger charge is 2.39. The summed E-state index contributed by atoms with van der Waals surface area (Å²) in [6.45, 7) is -0.384. The molecule has 0 spiro atoms. The van der Waals surface area contributed by atoms with Crippen LogP contribution in [0, 0.1) is 0 Å². The summed E-state index contributed by atoms with van der Waals surface area (Å²) in [6, 6.07) is 42.1. The molecule has 10 nitrogen and oxygen atoms in total. The Kier molecular flexibility index (Phi) is 13.2. The van der Waals surface area contributed by atoms with Gasteiger partial charge in [0.2, 0.25) is 0 Å². The van der Waals surface area contributed by atoms with Gasteiger partial charge in [0.25, 0.3) is 0 Å². The van der Waals surface area contributed by atoms with Crippen molar-refractivity contribution in [1.29, 1.82) is 0 Å². The lowest BCUT2D eigenvalue weighted by molar-refractivity contribution is -0.0993. The van der Waals surface area contributed by atoms with Gasteiger partial charge in [-0.1, -0.05) is 108 Å². The van der Waals surface area contributed by atoms with Crippen molar-refractivity contribution >= 4 is 30.1 Å². The monoisotopic (exact) mass is 685 g/mol. The van der Waals surface area contributed by atoms with Gasteiger partial charge in [0.15, 0.2) is 12.2 Å². The molecule has 0 fully saturated rings. The molecule has 0 aliphatic heterocycles. The molecule has 0 aliphatic carbocycles. The topological polar surface area (TPSA) is 127 Å². The van der Waals surface area contributed by atoms with E-state index in [1.165, 1.54) is 6.21 Å². The van der Waals surface area contributed by atoms with Crippen LogP contribution in [-0.4, -0.2) is 55.0 Å². The molecule has 0 aromatic heterocycles. The van der Waals surface area contributed by atoms with Gasteiger partial charge < -0.3 is 23.8 Å². The van der Waals surface area contributed by atoms with Crippen LogP contribution in [0.3, 0.4) is 0 Å². The van der Waals surface area contributed by atoms with E-state index in [2.05, 4.69) is 5.16 Å². The van der Waals surface area contributed by atoms with Gasteiger partial charge in [-0.05, 0) is 54.1 Å². The van der Waals surface area contributed by atoms with E-state index in [0.717, 1.165) is 5.56 Å². The molecule has 0 aliphatic rings. The minimum Gasteiger partial charge on any atom is -0.458 e. The van der Waals surface area contributed by atoms with E-state index in [1.807, 2.05) is 30.3 Å². The van der Waals surface area contributed by atoms with Crippen molar-refractivity contribution in [2.45, 2.75) is 31.3 Å². The molecule has 258 valence electrons. The number of oxime groups is 1. The second kappa shape index (κ2) is 18.8. The standard InChI is InChI=1S/C41H35NO9/c43-38(31-18-8-2-9-19-31)47-29-36(50-40(45)33-22-12-4-13-23-33)37(51-41(46)34-24-14-5-15-25-34)35(49-39(44)32-20-10-3-11-21-32)26-27-42-48-28-30-16-6-1-7-17-30/h1-25,27,35-37H,26,28-29H2/b42-27+/t35-,36-,37+/m1/s1. The van der Waals surface area contributed by atoms with Crippen molar-refractivity contribution in [3.05, 3.63) is 179 Å². The Hall–Kier alpha value is -6.55. The average Bonchev–Trinajstić information content (AvgIpc) is 3.19. The fourth-order valence-corrected chi connectivity index (χ4v) is 4.86. The Morgan fingerprint density at radius 2 is 0.882 bits per heavy atom. The van der Waals surface area contributed by atoms with Crippen molar-refractivity contribution in [1.82, 2.24) is 0 Å². The number of carbonyl (C=O) groups is 4. The van der Waals surface area contributed by atoms with Crippen LogP contribution in [0.2, 0.25) is 0 Å². The van der Waals surface area contributed by atoms with Crippen LogP contribution in [0.25, 0.3) is 0 Å². The van der Waals surface area contributed by atoms with E-state index >= 15 is 0 Å². The van der Waals surface area contributed by atoms with E-state index in [4.69, 9.17) is 23.8 Å². The highest BCUT2D eigenvalue weighted by molar-refractivity contribution is 5.92. The van der Waals surface area contributed by atoms with Crippen LogP contribution in [0.4, 0.5) is 0 Å². The molecule has 10 heteroatoms. The number of rotatable bonds is 16. The van der Waals surface area contributed by atoms with E-state index in [1.54, 1.807) is 121 Å². The molecule has 3 atom stereocenters. The van der Waals surface area contributed by atoms with Crippen molar-refractivity contribution in [2.24, 2.45) is 5.16 Å². The largest absolute Gasteiger partial charge is 0.458 e. The molecule has 0 unspecified atom stereocenters. The van der Waals surface area contributed by atoms with Gasteiger partial charge >= 0.3 is 23.9 Å². The Balaban J connectivity index is 1.49. The summed E-state index contributed by atoms with van der Waals surface area (Å²) in [6.07, 6.45) is -3.04. The maximum atomic E-state index is 13.6. The van der Waals surface area contributed by atoms with Gasteiger partial charge in [0.05, 0.1) is 22.3 Å². The molecular formula is C41H35NO9. The first-order valence-electron chi connectivity index (χ1n) is 16.2. The third kappa shape index (κ3) is 11.0. The number of nitrogens with zero attached hydrogens (tertiary/aromatic N) is 1. The van der Waals surface area contributed by atoms with Gasteiger partial charge in [0, 0.05) is 12.6 Å². The Morgan fingerprint density at radius 1 is 0.490 bits per heavy atom. The lowest BCUT2D eigenvalue weighted by Crippen LogP contribution is -2.48. The zero-order valence-electron chi connectivity index (χ0n) is 27.5. The predicted octanol–water partition coefficient (Wildman–Crippen LogP) is 7.11. The summed E-state index contributed by atoms with van der Waals surface area (Å²) in [5, 5.41) is 4.04. The molecular weight excluding hydrogens is 650 g/mol. The van der Waals surface area contributed by atoms with Gasteiger partial charge in [-0.3, -0.25) is 0 Å². The lowest BCUT2D eigenvalue weighted by atomic mass is 10.0. The van der Waals surface area contributed by atoms with Gasteiger partial charge in [-0.15, -0.1) is 0 Å². The van der Waals surface area contributed by atoms with Crippen LogP contribution in [0.15, 0.2) is 157 Å². The zero-order valence-corrected chi connectivity index (χ0v) is 27.5. The molecule has 0 radical (unpaired) electrons. The van der Waals surface area contributed by atoms with E-state index in [-0.39, 0.29) is 35.3 Å². The lowest BCUT2D eigenvalue weighted by Gasteiger charge is -2.32. The minimum absolute atomic E-state index is 0.147. The Morgan fingerprint density at radius 3 is 1.35 bits per heavy atom. The highest BCUT2D eigenvalue weighted by Crippen LogP contribution is 2.22. The second-order valence-electron chi connectivity index (χ2n) is 11.1. The molecule has 0 saturated heterocycles. The van der Waals surface area contributed by atoms with Crippen molar-refractivity contribution < 1.29 is 43.0 Å². The maximum Gasteiger partial charge on any atom is 0.338 e. The molecule has 0 saturated carbocycles. The summed E-state index contributed by atoms with van der Waals surface area (Å²) < 4.78 is 23.5.